The number of nitrogens with one attached hydrogen (secondary N) is 1. The van der Waals surface area contributed by atoms with Crippen LogP contribution in [0.25, 0.3) is 10.9 Å². The number of carboxylic acids is 1. The Hall–Kier alpha value is -5.47. The third-order valence-corrected chi connectivity index (χ3v) is 14.6. The monoisotopic (exact) mass is 1020 g/mol. The number of carbonyl (C=O) groups is 3. The van der Waals surface area contributed by atoms with Gasteiger partial charge in [0, 0.05) is 36.2 Å². The van der Waals surface area contributed by atoms with Gasteiger partial charge in [0.1, 0.15) is 43.3 Å². The first-order valence-corrected chi connectivity index (χ1v) is 25.1. The fourth-order valence-electron chi connectivity index (χ4n) is 10.5. The number of carbonyl (C=O) groups excluding carboxylic acids is 2. The summed E-state index contributed by atoms with van der Waals surface area (Å²) >= 11 is 0. The summed E-state index contributed by atoms with van der Waals surface area (Å²) in [6, 6.07) is 14.4. The number of nitro groups is 1. The molecule has 7 N–H and O–H groups in total. The van der Waals surface area contributed by atoms with E-state index in [-0.39, 0.29) is 48.9 Å². The molecule has 4 aliphatic rings. The van der Waals surface area contributed by atoms with Crippen molar-refractivity contribution in [2.75, 3.05) is 13.2 Å². The lowest BCUT2D eigenvalue weighted by molar-refractivity contribution is -0.384. The zero-order valence-electron chi connectivity index (χ0n) is 40.7. The van der Waals surface area contributed by atoms with E-state index >= 15 is 0 Å². The number of rotatable bonds is 20. The van der Waals surface area contributed by atoms with Crippen LogP contribution in [-0.4, -0.2) is 166 Å². The van der Waals surface area contributed by atoms with Crippen molar-refractivity contribution in [3.05, 3.63) is 88.4 Å². The quantitative estimate of drug-likeness (QED) is 0.0289. The largest absolute Gasteiger partial charge is 0.479 e. The molecule has 2 aromatic carbocycles. The van der Waals surface area contributed by atoms with E-state index in [0.717, 1.165) is 37.6 Å². The summed E-state index contributed by atoms with van der Waals surface area (Å²) in [5.41, 5.74) is 1.58. The van der Waals surface area contributed by atoms with E-state index in [2.05, 4.69) is 15.6 Å². The van der Waals surface area contributed by atoms with Crippen LogP contribution in [0.4, 0.5) is 5.69 Å². The second-order valence-corrected chi connectivity index (χ2v) is 19.8. The Morgan fingerprint density at radius 1 is 0.904 bits per heavy atom. The van der Waals surface area contributed by atoms with Crippen LogP contribution in [0.15, 0.2) is 67.0 Å². The molecule has 4 heterocycles. The molecule has 2 aliphatic heterocycles. The van der Waals surface area contributed by atoms with Crippen LogP contribution in [0.1, 0.15) is 87.7 Å². The van der Waals surface area contributed by atoms with E-state index in [1.54, 1.807) is 48.1 Å². The molecule has 1 amide bonds. The third-order valence-electron chi connectivity index (χ3n) is 14.6. The first-order valence-electron chi connectivity index (χ1n) is 25.1. The Labute approximate surface area is 420 Å². The number of aliphatic hydroxyl groups excluding tert-OH is 5. The van der Waals surface area contributed by atoms with Gasteiger partial charge in [0.25, 0.3) is 5.69 Å². The average molecular weight is 1020 g/mol. The van der Waals surface area contributed by atoms with Crippen LogP contribution in [0.2, 0.25) is 0 Å². The zero-order chi connectivity index (χ0) is 51.9. The van der Waals surface area contributed by atoms with Crippen LogP contribution >= 0.6 is 0 Å². The lowest BCUT2D eigenvalue weighted by Gasteiger charge is -2.48. The summed E-state index contributed by atoms with van der Waals surface area (Å²) in [4.78, 5) is 51.5. The Kier molecular flexibility index (Phi) is 17.9. The summed E-state index contributed by atoms with van der Waals surface area (Å²) in [5, 5.41) is 88.4. The van der Waals surface area contributed by atoms with Crippen molar-refractivity contribution in [1.29, 1.82) is 0 Å². The molecule has 6 unspecified atom stereocenters. The molecule has 2 saturated carbocycles. The molecular weight excluding hydrogens is 957 g/mol. The predicted octanol–water partition coefficient (Wildman–Crippen LogP) is 2.45. The number of fused-ring (bicyclic) bond motifs is 1. The van der Waals surface area contributed by atoms with Crippen molar-refractivity contribution >= 4 is 34.4 Å². The number of aliphatic carboxylic acids is 1. The fourth-order valence-corrected chi connectivity index (χ4v) is 10.5. The Bertz CT molecular complexity index is 2490. The highest BCUT2D eigenvalue weighted by atomic mass is 16.7. The number of aryl methyl sites for hydroxylation is 1. The molecule has 8 rings (SSSR count). The normalized spacial score (nSPS) is 31.4. The molecule has 398 valence electrons. The molecule has 23 heteroatoms. The number of hydrogen-bond donors (Lipinski definition) is 7. The minimum atomic E-state index is -1.71. The topological polar surface area (TPSA) is 319 Å². The summed E-state index contributed by atoms with van der Waals surface area (Å²) in [6.45, 7) is 3.08. The van der Waals surface area contributed by atoms with Crippen LogP contribution in [-0.2, 0) is 51.1 Å². The number of nitrogens with zero attached hydrogens (tertiary/aromatic N) is 5. The third kappa shape index (κ3) is 12.9. The number of aromatic nitrogens is 4. The molecule has 2 saturated heterocycles. The number of nitro benzene ring substituents is 1. The number of ether oxygens (including phenoxy) is 6. The van der Waals surface area contributed by atoms with Crippen molar-refractivity contribution in [3.63, 3.8) is 0 Å². The number of amides is 1. The maximum atomic E-state index is 14.1. The number of carboxylic acid groups (broad SMARTS) is 1. The number of benzene rings is 2. The van der Waals surface area contributed by atoms with Crippen LogP contribution in [0.5, 0.6) is 0 Å². The number of hydrogen-bond acceptors (Lipinski definition) is 18. The van der Waals surface area contributed by atoms with Crippen molar-refractivity contribution in [2.24, 2.45) is 17.8 Å². The summed E-state index contributed by atoms with van der Waals surface area (Å²) in [6.07, 6.45) is -9.49. The van der Waals surface area contributed by atoms with Crippen LogP contribution in [0, 0.1) is 27.9 Å². The second kappa shape index (κ2) is 24.3. The molecule has 73 heavy (non-hydrogen) atoms. The summed E-state index contributed by atoms with van der Waals surface area (Å²) in [5.74, 6) is -3.71. The summed E-state index contributed by atoms with van der Waals surface area (Å²) < 4.78 is 40.9. The van der Waals surface area contributed by atoms with E-state index < -0.39 is 115 Å². The fraction of sp³-hybridized carbons (Fsp3) is 0.620. The Morgan fingerprint density at radius 2 is 1.67 bits per heavy atom. The minimum Gasteiger partial charge on any atom is -0.479 e. The van der Waals surface area contributed by atoms with Crippen LogP contribution < -0.4 is 5.32 Å². The van der Waals surface area contributed by atoms with Gasteiger partial charge in [-0.05, 0) is 75.1 Å². The molecule has 23 nitrogen and oxygen atoms in total. The van der Waals surface area contributed by atoms with Gasteiger partial charge in [0.15, 0.2) is 24.8 Å². The molecule has 0 radical (unpaired) electrons. The highest BCUT2D eigenvalue weighted by Gasteiger charge is 2.54. The lowest BCUT2D eigenvalue weighted by Crippen LogP contribution is -2.64. The number of non-ortho nitro benzene ring substituents is 1. The van der Waals surface area contributed by atoms with E-state index in [4.69, 9.17) is 28.4 Å². The second-order valence-electron chi connectivity index (χ2n) is 19.8. The Morgan fingerprint density at radius 3 is 2.40 bits per heavy atom. The first-order chi connectivity index (χ1) is 35.1. The van der Waals surface area contributed by atoms with Gasteiger partial charge in [-0.1, -0.05) is 62.4 Å². The molecule has 4 aromatic rings. The highest BCUT2D eigenvalue weighted by Crippen LogP contribution is 2.39. The highest BCUT2D eigenvalue weighted by molar-refractivity contribution is 5.89. The lowest BCUT2D eigenvalue weighted by atomic mass is 9.77. The van der Waals surface area contributed by atoms with Gasteiger partial charge in [-0.25, -0.2) is 14.3 Å². The molecular formula is C50H66N6O17. The van der Waals surface area contributed by atoms with Gasteiger partial charge in [-0.15, -0.1) is 5.10 Å². The smallest absolute Gasteiger partial charge is 0.338 e. The standard InChI is InChI=1S/C50H66N6O17/c1-27-20-32(46(62)51-18-9-14-33-24-55(53-52-33)26-54-19-17-31-22-34(56(66)67)15-16-35(31)54)23-36(43(27)73-49-42(61)41(60)39(58)28(2)68-49)70-50-45(72-48(65)30-12-7-4-8-13-30)44(40(59)38(25-57)71-50)69-37(47(63)64)21-29-10-5-3-6-11-29/h4,7-8,12-13,15-17,19,22,24,27-29,32,36-45,49-50,57-61H,3,5-6,9-11,14,18,20-21,23,25-26H2,1-2H3,(H,51,62)(H,63,64)/t27-,28?,32?,36-,37+,38+,39-,40+,41?,42+,43?,44?,45?,49+,50-/m1/s1. The van der Waals surface area contributed by atoms with Crippen molar-refractivity contribution < 1.29 is 78.4 Å². The molecule has 0 spiro atoms. The van der Waals surface area contributed by atoms with Crippen molar-refractivity contribution in [1.82, 2.24) is 24.9 Å². The maximum absolute atomic E-state index is 14.1. The molecule has 15 atom stereocenters. The van der Waals surface area contributed by atoms with Gasteiger partial charge < -0.3 is 68.9 Å². The Balaban J connectivity index is 0.993. The van der Waals surface area contributed by atoms with E-state index in [9.17, 15) is 55.1 Å². The van der Waals surface area contributed by atoms with Gasteiger partial charge in [-0.3, -0.25) is 14.9 Å². The van der Waals surface area contributed by atoms with Crippen molar-refractivity contribution in [2.45, 2.75) is 164 Å². The first kappa shape index (κ1) is 53.8. The van der Waals surface area contributed by atoms with Gasteiger partial charge in [0.05, 0.1) is 52.8 Å². The average Bonchev–Trinajstić information content (AvgIpc) is 4.02. The molecule has 0 bridgehead atoms. The molecule has 4 fully saturated rings. The van der Waals surface area contributed by atoms with Gasteiger partial charge in [-0.2, -0.15) is 0 Å². The predicted molar refractivity (Wildman–Crippen MR) is 254 cm³/mol. The molecule has 2 aliphatic carbocycles. The van der Waals surface area contributed by atoms with E-state index in [0.29, 0.717) is 30.6 Å². The number of esters is 1. The SMILES string of the molecule is CC1O[C@@H](OC2[C@H](C)CC(C(=O)NCCCc3cn(Cn4ccc5cc([N+](=O)[O-])ccc54)nn3)C[C@H]2O[C@@H]2O[C@@H](CO)[C@H](O)C(O[C@@H](CC3CCCCC3)C(=O)O)C2OC(=O)c2ccccc2)[C@@H](O)C(O)[C@@H]1O. The minimum absolute atomic E-state index is 0.00393. The summed E-state index contributed by atoms with van der Waals surface area (Å²) in [7, 11) is 0. The van der Waals surface area contributed by atoms with Crippen LogP contribution in [0.3, 0.4) is 0 Å². The number of aliphatic hydroxyl groups is 5. The van der Waals surface area contributed by atoms with Gasteiger partial charge >= 0.3 is 11.9 Å². The van der Waals surface area contributed by atoms with Gasteiger partial charge in [0.2, 0.25) is 5.91 Å². The van der Waals surface area contributed by atoms with Crippen molar-refractivity contribution in [3.8, 4) is 0 Å². The van der Waals surface area contributed by atoms with E-state index in [1.165, 1.54) is 31.2 Å². The zero-order valence-corrected chi connectivity index (χ0v) is 40.7. The molecule has 2 aromatic heterocycles. The van der Waals surface area contributed by atoms with E-state index in [1.807, 2.05) is 10.8 Å². The maximum Gasteiger partial charge on any atom is 0.338 e.